The molecule has 0 saturated carbocycles. The van der Waals surface area contributed by atoms with Crippen LogP contribution in [-0.4, -0.2) is 16.8 Å². The van der Waals surface area contributed by atoms with E-state index < -0.39 is 5.91 Å². The number of nitrogens with two attached hydrogens (primary N) is 1. The van der Waals surface area contributed by atoms with Crippen molar-refractivity contribution in [2.75, 3.05) is 5.32 Å². The zero-order chi connectivity index (χ0) is 14.1. The van der Waals surface area contributed by atoms with Gasteiger partial charge in [-0.3, -0.25) is 9.59 Å². The molecule has 3 N–H and O–H groups in total. The lowest BCUT2D eigenvalue weighted by Gasteiger charge is -2.01. The molecule has 106 valence electrons. The molecule has 0 saturated heterocycles. The minimum Gasteiger partial charge on any atom is -0.369 e. The standard InChI is InChI=1S/C13H21N3O2S/c1-2-3-4-5-6-7-12(18)16-13-15-10(9-19-13)8-11(14)17/h9H,2-8H2,1H3,(H2,14,17)(H,15,16,18). The molecule has 19 heavy (non-hydrogen) atoms. The highest BCUT2D eigenvalue weighted by atomic mass is 32.1. The first-order chi connectivity index (χ1) is 9.11. The highest BCUT2D eigenvalue weighted by molar-refractivity contribution is 7.13. The second-order valence-corrected chi connectivity index (χ2v) is 5.36. The number of rotatable bonds is 9. The lowest BCUT2D eigenvalue weighted by Crippen LogP contribution is -2.14. The van der Waals surface area contributed by atoms with E-state index in [2.05, 4.69) is 17.2 Å². The summed E-state index contributed by atoms with van der Waals surface area (Å²) < 4.78 is 0. The number of amides is 2. The summed E-state index contributed by atoms with van der Waals surface area (Å²) in [5, 5.41) is 5.02. The lowest BCUT2D eigenvalue weighted by atomic mass is 10.1. The number of carbonyl (C=O) groups is 2. The highest BCUT2D eigenvalue weighted by Gasteiger charge is 2.08. The van der Waals surface area contributed by atoms with Gasteiger partial charge in [0.2, 0.25) is 11.8 Å². The summed E-state index contributed by atoms with van der Waals surface area (Å²) in [4.78, 5) is 26.5. The first kappa shape index (κ1) is 15.6. The van der Waals surface area contributed by atoms with Gasteiger partial charge in [-0.1, -0.05) is 32.6 Å². The Balaban J connectivity index is 2.24. The van der Waals surface area contributed by atoms with Crippen LogP contribution >= 0.6 is 11.3 Å². The molecule has 0 aliphatic heterocycles. The molecule has 1 heterocycles. The molecule has 0 bridgehead atoms. The number of primary amides is 1. The monoisotopic (exact) mass is 283 g/mol. The van der Waals surface area contributed by atoms with Crippen molar-refractivity contribution >= 4 is 28.3 Å². The Kier molecular flexibility index (Phi) is 7.10. The molecule has 0 radical (unpaired) electrons. The van der Waals surface area contributed by atoms with Crippen molar-refractivity contribution < 1.29 is 9.59 Å². The number of anilines is 1. The molecule has 0 fully saturated rings. The van der Waals surface area contributed by atoms with Crippen molar-refractivity contribution in [3.63, 3.8) is 0 Å². The van der Waals surface area contributed by atoms with Gasteiger partial charge in [0.15, 0.2) is 5.13 Å². The largest absolute Gasteiger partial charge is 0.369 e. The molecule has 0 aliphatic rings. The van der Waals surface area contributed by atoms with E-state index in [1.807, 2.05) is 0 Å². The Hall–Kier alpha value is -1.43. The van der Waals surface area contributed by atoms with Crippen molar-refractivity contribution in [3.8, 4) is 0 Å². The van der Waals surface area contributed by atoms with Crippen molar-refractivity contribution in [2.45, 2.75) is 51.9 Å². The van der Waals surface area contributed by atoms with Crippen molar-refractivity contribution in [3.05, 3.63) is 11.1 Å². The van der Waals surface area contributed by atoms with E-state index in [0.29, 0.717) is 17.2 Å². The smallest absolute Gasteiger partial charge is 0.226 e. The quantitative estimate of drug-likeness (QED) is 0.683. The third-order valence-corrected chi connectivity index (χ3v) is 3.47. The maximum atomic E-state index is 11.6. The van der Waals surface area contributed by atoms with Crippen LogP contribution in [0.1, 0.15) is 51.1 Å². The topological polar surface area (TPSA) is 85.1 Å². The van der Waals surface area contributed by atoms with Crippen LogP contribution < -0.4 is 11.1 Å². The van der Waals surface area contributed by atoms with Crippen molar-refractivity contribution in [2.24, 2.45) is 5.73 Å². The molecule has 0 spiro atoms. The van der Waals surface area contributed by atoms with Crippen molar-refractivity contribution in [1.82, 2.24) is 4.98 Å². The van der Waals surface area contributed by atoms with Crippen LogP contribution in [0, 0.1) is 0 Å². The molecular formula is C13H21N3O2S. The summed E-state index contributed by atoms with van der Waals surface area (Å²) in [6.07, 6.45) is 6.25. The SMILES string of the molecule is CCCCCCCC(=O)Nc1nc(CC(N)=O)cs1. The summed E-state index contributed by atoms with van der Waals surface area (Å²) in [5.41, 5.74) is 5.69. The molecule has 0 aliphatic carbocycles. The predicted molar refractivity (Wildman–Crippen MR) is 77.0 cm³/mol. The van der Waals surface area contributed by atoms with Gasteiger partial charge in [-0.25, -0.2) is 4.98 Å². The maximum Gasteiger partial charge on any atom is 0.226 e. The highest BCUT2D eigenvalue weighted by Crippen LogP contribution is 2.16. The maximum absolute atomic E-state index is 11.6. The summed E-state index contributed by atoms with van der Waals surface area (Å²) in [6, 6.07) is 0. The average molecular weight is 283 g/mol. The molecule has 2 amide bonds. The van der Waals surface area contributed by atoms with Gasteiger partial charge in [-0.2, -0.15) is 0 Å². The van der Waals surface area contributed by atoms with Crippen LogP contribution in [0.2, 0.25) is 0 Å². The van der Waals surface area contributed by atoms with Crippen molar-refractivity contribution in [1.29, 1.82) is 0 Å². The second-order valence-electron chi connectivity index (χ2n) is 4.50. The Morgan fingerprint density at radius 1 is 1.32 bits per heavy atom. The van der Waals surface area contributed by atoms with Crippen LogP contribution in [0.5, 0.6) is 0 Å². The number of nitrogens with one attached hydrogen (secondary N) is 1. The summed E-state index contributed by atoms with van der Waals surface area (Å²) in [7, 11) is 0. The van der Waals surface area contributed by atoms with E-state index in [-0.39, 0.29) is 12.3 Å². The Labute approximate surface area is 117 Å². The van der Waals surface area contributed by atoms with Gasteiger partial charge in [0.1, 0.15) is 0 Å². The number of carbonyl (C=O) groups excluding carboxylic acids is 2. The molecule has 0 unspecified atom stereocenters. The van der Waals surface area contributed by atoms with Crippen LogP contribution in [0.3, 0.4) is 0 Å². The fraction of sp³-hybridized carbons (Fsp3) is 0.615. The zero-order valence-electron chi connectivity index (χ0n) is 11.3. The summed E-state index contributed by atoms with van der Waals surface area (Å²) in [5.74, 6) is -0.435. The van der Waals surface area contributed by atoms with Crippen LogP contribution in [-0.2, 0) is 16.0 Å². The number of unbranched alkanes of at least 4 members (excludes halogenated alkanes) is 4. The van der Waals surface area contributed by atoms with Gasteiger partial charge in [0.05, 0.1) is 12.1 Å². The minimum absolute atomic E-state index is 0.0172. The predicted octanol–water partition coefficient (Wildman–Crippen LogP) is 2.47. The Morgan fingerprint density at radius 2 is 2.05 bits per heavy atom. The average Bonchev–Trinajstić information content (AvgIpc) is 2.75. The Bertz CT molecular complexity index is 418. The van der Waals surface area contributed by atoms with E-state index in [9.17, 15) is 9.59 Å². The first-order valence-corrected chi connectivity index (χ1v) is 7.52. The van der Waals surface area contributed by atoms with E-state index in [1.165, 1.54) is 30.6 Å². The van der Waals surface area contributed by atoms with Gasteiger partial charge >= 0.3 is 0 Å². The number of aromatic nitrogens is 1. The zero-order valence-corrected chi connectivity index (χ0v) is 12.1. The lowest BCUT2D eigenvalue weighted by molar-refractivity contribution is -0.117. The third kappa shape index (κ3) is 6.91. The molecule has 1 aromatic heterocycles. The summed E-state index contributed by atoms with van der Waals surface area (Å²) in [6.45, 7) is 2.17. The molecule has 6 heteroatoms. The summed E-state index contributed by atoms with van der Waals surface area (Å²) >= 11 is 1.32. The number of thiazole rings is 1. The fourth-order valence-corrected chi connectivity index (χ4v) is 2.42. The van der Waals surface area contributed by atoms with Crippen LogP contribution in [0.15, 0.2) is 5.38 Å². The number of hydrogen-bond donors (Lipinski definition) is 2. The Morgan fingerprint density at radius 3 is 2.74 bits per heavy atom. The van der Waals surface area contributed by atoms with E-state index >= 15 is 0 Å². The molecular weight excluding hydrogens is 262 g/mol. The van der Waals surface area contributed by atoms with E-state index in [0.717, 1.165) is 12.8 Å². The van der Waals surface area contributed by atoms with Crippen LogP contribution in [0.25, 0.3) is 0 Å². The fourth-order valence-electron chi connectivity index (χ4n) is 1.69. The minimum atomic E-state index is -0.417. The number of hydrogen-bond acceptors (Lipinski definition) is 4. The number of nitrogens with zero attached hydrogens (tertiary/aromatic N) is 1. The van der Waals surface area contributed by atoms with Gasteiger partial charge in [0.25, 0.3) is 0 Å². The molecule has 1 aromatic rings. The molecule has 1 rings (SSSR count). The van der Waals surface area contributed by atoms with Crippen LogP contribution in [0.4, 0.5) is 5.13 Å². The van der Waals surface area contributed by atoms with E-state index in [1.54, 1.807) is 5.38 Å². The van der Waals surface area contributed by atoms with Gasteiger partial charge in [0, 0.05) is 11.8 Å². The second kappa shape index (κ2) is 8.63. The van der Waals surface area contributed by atoms with Gasteiger partial charge in [-0.15, -0.1) is 11.3 Å². The van der Waals surface area contributed by atoms with Gasteiger partial charge in [-0.05, 0) is 6.42 Å². The van der Waals surface area contributed by atoms with E-state index in [4.69, 9.17) is 5.73 Å². The first-order valence-electron chi connectivity index (χ1n) is 6.64. The normalized spacial score (nSPS) is 10.4. The molecule has 0 aromatic carbocycles. The molecule has 0 atom stereocenters. The van der Waals surface area contributed by atoms with Gasteiger partial charge < -0.3 is 11.1 Å². The third-order valence-electron chi connectivity index (χ3n) is 2.66. The molecule has 5 nitrogen and oxygen atoms in total.